The van der Waals surface area contributed by atoms with E-state index in [1.807, 2.05) is 0 Å². The van der Waals surface area contributed by atoms with Crippen molar-refractivity contribution in [3.8, 4) is 0 Å². The third-order valence-corrected chi connectivity index (χ3v) is 12.0. The van der Waals surface area contributed by atoms with Crippen LogP contribution in [0.1, 0.15) is 174 Å². The van der Waals surface area contributed by atoms with E-state index in [1.165, 1.54) is 38.5 Å². The molecule has 1 fully saturated rings. The molecule has 0 aliphatic heterocycles. The van der Waals surface area contributed by atoms with Crippen LogP contribution in [0, 0.1) is 0 Å². The molecule has 0 aromatic carbocycles. The van der Waals surface area contributed by atoms with Crippen LogP contribution < -0.4 is 0 Å². The highest BCUT2D eigenvalue weighted by Gasteiger charge is 2.51. The van der Waals surface area contributed by atoms with Crippen molar-refractivity contribution in [2.45, 2.75) is 217 Å². The van der Waals surface area contributed by atoms with Gasteiger partial charge in [0.15, 0.2) is 0 Å². The quantitative estimate of drug-likeness (QED) is 0.0147. The van der Waals surface area contributed by atoms with Gasteiger partial charge in [-0.15, -0.1) is 0 Å². The molecule has 1 saturated carbocycles. The Labute approximate surface area is 392 Å². The number of hydrogen-bond donors (Lipinski definition) is 6. The van der Waals surface area contributed by atoms with Gasteiger partial charge in [-0.25, -0.2) is 4.57 Å². The fourth-order valence-corrected chi connectivity index (χ4v) is 8.02. The third-order valence-electron chi connectivity index (χ3n) is 11.0. The van der Waals surface area contributed by atoms with Gasteiger partial charge in [0.05, 0.1) is 13.2 Å². The van der Waals surface area contributed by atoms with Gasteiger partial charge in [-0.2, -0.15) is 0 Å². The molecule has 0 aromatic heterocycles. The maximum atomic E-state index is 12.8. The Bertz CT molecular complexity index is 1390. The van der Waals surface area contributed by atoms with Crippen LogP contribution in [-0.4, -0.2) is 98.9 Å². The number of aliphatic hydroxyl groups excluding tert-OH is 5. The first kappa shape index (κ1) is 60.5. The van der Waals surface area contributed by atoms with Crippen LogP contribution in [0.5, 0.6) is 0 Å². The molecule has 374 valence electrons. The first-order valence-corrected chi connectivity index (χ1v) is 26.4. The summed E-state index contributed by atoms with van der Waals surface area (Å²) in [5, 5.41) is 50.3. The summed E-state index contributed by atoms with van der Waals surface area (Å²) in [5.41, 5.74) is 0. The summed E-state index contributed by atoms with van der Waals surface area (Å²) in [5.74, 6) is -0.498. The minimum Gasteiger partial charge on any atom is -0.457 e. The lowest BCUT2D eigenvalue weighted by Gasteiger charge is -2.41. The first-order chi connectivity index (χ1) is 31.5. The molecule has 1 aliphatic carbocycles. The Morgan fingerprint density at radius 1 is 0.508 bits per heavy atom. The number of unbranched alkanes of at least 4 members (excludes halogenated alkanes) is 15. The van der Waals surface area contributed by atoms with Gasteiger partial charge in [0.2, 0.25) is 0 Å². The Balaban J connectivity index is 2.35. The zero-order valence-corrected chi connectivity index (χ0v) is 40.9. The number of rotatable bonds is 41. The van der Waals surface area contributed by atoms with Crippen LogP contribution in [0.25, 0.3) is 0 Å². The summed E-state index contributed by atoms with van der Waals surface area (Å²) in [6.07, 6.45) is 43.6. The van der Waals surface area contributed by atoms with Crippen LogP contribution in [0.4, 0.5) is 0 Å². The van der Waals surface area contributed by atoms with E-state index in [0.717, 1.165) is 109 Å². The maximum absolute atomic E-state index is 12.8. The van der Waals surface area contributed by atoms with E-state index in [-0.39, 0.29) is 13.0 Å². The number of phosphoric acid groups is 1. The molecule has 65 heavy (non-hydrogen) atoms. The van der Waals surface area contributed by atoms with E-state index in [9.17, 15) is 39.8 Å². The number of ether oxygens (including phenoxy) is 2. The van der Waals surface area contributed by atoms with Crippen molar-refractivity contribution in [3.05, 3.63) is 85.1 Å². The molecule has 0 radical (unpaired) electrons. The number of esters is 1. The number of carbonyl (C=O) groups excluding carboxylic acids is 1. The normalized spacial score (nSPS) is 22.3. The number of aliphatic hydroxyl groups is 5. The van der Waals surface area contributed by atoms with Crippen LogP contribution in [0.2, 0.25) is 0 Å². The standard InChI is InChI=1S/C52H89O12P/c1-3-5-7-9-11-13-15-17-19-20-21-22-23-24-25-26-27-28-30-32-34-36-38-40-42-61-43-45(44-62-65(59,60)64-52-50(57)48(55)47(54)49(56)51(52)58)63-46(53)41-39-37-35-33-31-29-18-16-14-12-10-8-6-4-2/h5,7,10-13,16-19,21-22,24-25,45,47-52,54-58H,3-4,6,8-9,14-15,20,23,26-44H2,1-2H3,(H,59,60)/b7-5-,12-10-,13-11-,18-16-,19-17-,22-21-,25-24-. The largest absolute Gasteiger partial charge is 0.472 e. The SMILES string of the molecule is CC/C=C\C/C=C\C/C=C\C/C=C\C/C=C\CCCCCCCCCCOCC(COP(=O)(O)OC1C(O)C(O)C(O)C(O)C1O)OC(=O)CCCCCCC/C=C\C/C=C\CCCC. The lowest BCUT2D eigenvalue weighted by molar-refractivity contribution is -0.220. The van der Waals surface area contributed by atoms with Crippen molar-refractivity contribution in [1.82, 2.24) is 0 Å². The fourth-order valence-electron chi connectivity index (χ4n) is 7.04. The van der Waals surface area contributed by atoms with Crippen molar-refractivity contribution in [2.24, 2.45) is 0 Å². The van der Waals surface area contributed by atoms with E-state index in [1.54, 1.807) is 0 Å². The highest BCUT2D eigenvalue weighted by molar-refractivity contribution is 7.47. The Hall–Kier alpha value is -2.48. The number of hydrogen-bond acceptors (Lipinski definition) is 11. The molecule has 12 nitrogen and oxygen atoms in total. The van der Waals surface area contributed by atoms with Gasteiger partial charge >= 0.3 is 13.8 Å². The van der Waals surface area contributed by atoms with Crippen LogP contribution in [0.3, 0.4) is 0 Å². The summed E-state index contributed by atoms with van der Waals surface area (Å²) in [4.78, 5) is 23.2. The molecule has 13 heteroatoms. The first-order valence-electron chi connectivity index (χ1n) is 24.9. The average molecular weight is 937 g/mol. The molecule has 0 amide bonds. The zero-order valence-electron chi connectivity index (χ0n) is 40.0. The molecule has 6 N–H and O–H groups in total. The second-order valence-electron chi connectivity index (χ2n) is 16.9. The minimum absolute atomic E-state index is 0.0933. The highest BCUT2D eigenvalue weighted by Crippen LogP contribution is 2.47. The smallest absolute Gasteiger partial charge is 0.457 e. The Morgan fingerprint density at radius 3 is 1.38 bits per heavy atom. The van der Waals surface area contributed by atoms with Crippen molar-refractivity contribution in [2.75, 3.05) is 19.8 Å². The molecule has 1 aliphatic rings. The molecule has 0 bridgehead atoms. The van der Waals surface area contributed by atoms with E-state index >= 15 is 0 Å². The van der Waals surface area contributed by atoms with Gasteiger partial charge in [0, 0.05) is 13.0 Å². The van der Waals surface area contributed by atoms with Gasteiger partial charge < -0.3 is 39.9 Å². The lowest BCUT2D eigenvalue weighted by atomic mass is 9.85. The fraction of sp³-hybridized carbons (Fsp3) is 0.712. The summed E-state index contributed by atoms with van der Waals surface area (Å²) >= 11 is 0. The predicted molar refractivity (Wildman–Crippen MR) is 262 cm³/mol. The minimum atomic E-state index is -5.03. The van der Waals surface area contributed by atoms with Gasteiger partial charge in [0.25, 0.3) is 0 Å². The predicted octanol–water partition coefficient (Wildman–Crippen LogP) is 10.9. The molecule has 6 unspecified atom stereocenters. The highest BCUT2D eigenvalue weighted by atomic mass is 31.2. The van der Waals surface area contributed by atoms with Gasteiger partial charge in [-0.1, -0.05) is 170 Å². The molecule has 0 saturated heterocycles. The van der Waals surface area contributed by atoms with E-state index in [0.29, 0.717) is 13.0 Å². The summed E-state index contributed by atoms with van der Waals surface area (Å²) in [7, 11) is -5.03. The summed E-state index contributed by atoms with van der Waals surface area (Å²) < 4.78 is 34.2. The summed E-state index contributed by atoms with van der Waals surface area (Å²) in [6.45, 7) is 4.06. The topological polar surface area (TPSA) is 192 Å². The van der Waals surface area contributed by atoms with Crippen molar-refractivity contribution in [3.63, 3.8) is 0 Å². The molecular weight excluding hydrogens is 848 g/mol. The monoisotopic (exact) mass is 937 g/mol. The number of carbonyl (C=O) groups is 1. The molecule has 0 spiro atoms. The van der Waals surface area contributed by atoms with Crippen LogP contribution in [0.15, 0.2) is 85.1 Å². The lowest BCUT2D eigenvalue weighted by Crippen LogP contribution is -2.64. The maximum Gasteiger partial charge on any atom is 0.472 e. The number of phosphoric ester groups is 1. The molecule has 6 atom stereocenters. The van der Waals surface area contributed by atoms with E-state index < -0.39 is 63.1 Å². The van der Waals surface area contributed by atoms with E-state index in [4.69, 9.17) is 18.5 Å². The molecule has 0 aromatic rings. The molecule has 1 rings (SSSR count). The average Bonchev–Trinajstić information content (AvgIpc) is 3.29. The molecule has 0 heterocycles. The second kappa shape index (κ2) is 41.7. The van der Waals surface area contributed by atoms with Crippen LogP contribution in [-0.2, 0) is 27.9 Å². The third kappa shape index (κ3) is 33.6. The van der Waals surface area contributed by atoms with E-state index in [2.05, 4.69) is 98.9 Å². The second-order valence-corrected chi connectivity index (χ2v) is 18.3. The van der Waals surface area contributed by atoms with Crippen LogP contribution >= 0.6 is 7.82 Å². The summed E-state index contributed by atoms with van der Waals surface area (Å²) in [6, 6.07) is 0. The van der Waals surface area contributed by atoms with Crippen molar-refractivity contribution >= 4 is 13.8 Å². The Morgan fingerprint density at radius 2 is 0.908 bits per heavy atom. The zero-order chi connectivity index (χ0) is 47.6. The van der Waals surface area contributed by atoms with Gasteiger partial charge in [-0.3, -0.25) is 13.8 Å². The Kier molecular flexibility index (Phi) is 38.8. The number of allylic oxidation sites excluding steroid dienone is 14. The molecular formula is C52H89O12P. The van der Waals surface area contributed by atoms with Crippen molar-refractivity contribution < 1.29 is 58.3 Å². The van der Waals surface area contributed by atoms with Crippen molar-refractivity contribution in [1.29, 1.82) is 0 Å². The van der Waals surface area contributed by atoms with Gasteiger partial charge in [-0.05, 0) is 83.5 Å². The van der Waals surface area contributed by atoms with Gasteiger partial charge in [0.1, 0.15) is 42.7 Å².